The van der Waals surface area contributed by atoms with Crippen LogP contribution >= 0.6 is 0 Å². The maximum absolute atomic E-state index is 13.1. The molecule has 2 heterocycles. The summed E-state index contributed by atoms with van der Waals surface area (Å²) in [6.07, 6.45) is 13.1. The van der Waals surface area contributed by atoms with Crippen LogP contribution in [0.1, 0.15) is 83.4 Å². The number of allylic oxidation sites excluding steroid dienone is 6. The highest BCUT2D eigenvalue weighted by Gasteiger charge is 2.42. The first-order valence-electron chi connectivity index (χ1n) is 13.4. The van der Waals surface area contributed by atoms with Crippen molar-refractivity contribution in [3.8, 4) is 17.2 Å². The fourth-order valence-electron chi connectivity index (χ4n) is 6.33. The summed E-state index contributed by atoms with van der Waals surface area (Å²) in [5, 5.41) is 0. The normalized spacial score (nSPS) is 22.6. The van der Waals surface area contributed by atoms with Crippen molar-refractivity contribution >= 4 is 5.78 Å². The molecule has 196 valence electrons. The number of hydrogen-bond acceptors (Lipinski definition) is 4. The zero-order chi connectivity index (χ0) is 26.1. The van der Waals surface area contributed by atoms with Crippen LogP contribution in [0, 0.1) is 5.41 Å². The summed E-state index contributed by atoms with van der Waals surface area (Å²) in [6.45, 7) is 10.4. The highest BCUT2D eigenvalue weighted by Crippen LogP contribution is 2.51. The number of benzene rings is 1. The van der Waals surface area contributed by atoms with Crippen LogP contribution in [0.3, 0.4) is 0 Å². The first-order valence-corrected chi connectivity index (χ1v) is 13.4. The minimum absolute atomic E-state index is 0.00359. The number of carbonyl (C=O) groups excluding carboxylic acids is 1. The third kappa shape index (κ3) is 5.41. The van der Waals surface area contributed by atoms with Gasteiger partial charge in [0.05, 0.1) is 39.7 Å². The number of hydrogen-bond donors (Lipinski definition) is 0. The van der Waals surface area contributed by atoms with E-state index in [1.165, 1.54) is 30.4 Å². The van der Waals surface area contributed by atoms with Crippen LogP contribution in [0.2, 0.25) is 0 Å². The average Bonchev–Trinajstić information content (AvgIpc) is 3.27. The van der Waals surface area contributed by atoms with E-state index in [1.54, 1.807) is 24.3 Å². The lowest BCUT2D eigenvalue weighted by Gasteiger charge is -2.43. The van der Waals surface area contributed by atoms with Crippen molar-refractivity contribution in [1.82, 2.24) is 0 Å². The molecule has 0 amide bonds. The van der Waals surface area contributed by atoms with E-state index in [2.05, 4.69) is 53.9 Å². The molecular formula is C31H44NO4+. The maximum atomic E-state index is 13.1. The van der Waals surface area contributed by atoms with Gasteiger partial charge >= 0.3 is 0 Å². The number of ether oxygens (including phenoxy) is 3. The molecule has 0 bridgehead atoms. The molecule has 5 nitrogen and oxygen atoms in total. The number of nitrogens with zero attached hydrogens (tertiary/aromatic N) is 1. The number of carbonyl (C=O) groups is 1. The number of ketones is 1. The predicted molar refractivity (Wildman–Crippen MR) is 145 cm³/mol. The van der Waals surface area contributed by atoms with Crippen LogP contribution in [0.25, 0.3) is 0 Å². The fourth-order valence-corrected chi connectivity index (χ4v) is 6.33. The van der Waals surface area contributed by atoms with Crippen molar-refractivity contribution in [2.45, 2.75) is 78.7 Å². The molecule has 1 aliphatic carbocycles. The third-order valence-electron chi connectivity index (χ3n) is 8.59. The van der Waals surface area contributed by atoms with Crippen LogP contribution in [0.5, 0.6) is 17.2 Å². The van der Waals surface area contributed by atoms with Crippen molar-refractivity contribution in [2.75, 3.05) is 34.5 Å². The molecule has 0 unspecified atom stereocenters. The van der Waals surface area contributed by atoms with E-state index in [9.17, 15) is 4.79 Å². The molecule has 1 aromatic rings. The lowest BCUT2D eigenvalue weighted by molar-refractivity contribution is -0.922. The van der Waals surface area contributed by atoms with E-state index in [4.69, 9.17) is 14.2 Å². The Labute approximate surface area is 217 Å². The van der Waals surface area contributed by atoms with Crippen molar-refractivity contribution in [2.24, 2.45) is 5.41 Å². The predicted octanol–water partition coefficient (Wildman–Crippen LogP) is 6.87. The van der Waals surface area contributed by atoms with Crippen LogP contribution in [-0.2, 0) is 11.2 Å². The molecule has 36 heavy (non-hydrogen) atoms. The van der Waals surface area contributed by atoms with E-state index >= 15 is 0 Å². The van der Waals surface area contributed by atoms with Crippen molar-refractivity contribution in [1.29, 1.82) is 0 Å². The van der Waals surface area contributed by atoms with Gasteiger partial charge in [0.1, 0.15) is 6.04 Å². The van der Waals surface area contributed by atoms with Gasteiger partial charge in [0.15, 0.2) is 17.3 Å². The van der Waals surface area contributed by atoms with Crippen molar-refractivity contribution in [3.63, 3.8) is 0 Å². The molecule has 1 atom stereocenters. The summed E-state index contributed by atoms with van der Waals surface area (Å²) in [7, 11) is 6.06. The highest BCUT2D eigenvalue weighted by molar-refractivity contribution is 5.90. The second kappa shape index (κ2) is 10.5. The maximum Gasteiger partial charge on any atom is 0.231 e. The van der Waals surface area contributed by atoms with Crippen LogP contribution in [0.4, 0.5) is 0 Å². The molecule has 2 aliphatic heterocycles. The van der Waals surface area contributed by atoms with Gasteiger partial charge in [-0.2, -0.15) is 0 Å². The molecule has 4 rings (SSSR count). The smallest absolute Gasteiger partial charge is 0.231 e. The van der Waals surface area contributed by atoms with Crippen LogP contribution in [0.15, 0.2) is 41.0 Å². The van der Waals surface area contributed by atoms with Crippen molar-refractivity contribution in [3.05, 3.63) is 52.1 Å². The van der Waals surface area contributed by atoms with Gasteiger partial charge < -0.3 is 18.7 Å². The average molecular weight is 495 g/mol. The van der Waals surface area contributed by atoms with Crippen LogP contribution < -0.4 is 14.2 Å². The Hall–Kier alpha value is -2.53. The van der Waals surface area contributed by atoms with Gasteiger partial charge in [0.25, 0.3) is 0 Å². The molecule has 0 N–H and O–H groups in total. The van der Waals surface area contributed by atoms with E-state index in [1.807, 2.05) is 6.08 Å². The fraction of sp³-hybridized carbons (Fsp3) is 0.581. The Kier molecular flexibility index (Phi) is 7.70. The molecule has 0 radical (unpaired) electrons. The lowest BCUT2D eigenvalue weighted by Crippen LogP contribution is -2.48. The quantitative estimate of drug-likeness (QED) is 0.171. The summed E-state index contributed by atoms with van der Waals surface area (Å²) >= 11 is 0. The Morgan fingerprint density at radius 2 is 2.03 bits per heavy atom. The van der Waals surface area contributed by atoms with Gasteiger partial charge in [-0.05, 0) is 69.1 Å². The Morgan fingerprint density at radius 3 is 2.75 bits per heavy atom. The Bertz CT molecular complexity index is 1110. The molecule has 5 heteroatoms. The van der Waals surface area contributed by atoms with Gasteiger partial charge in [-0.1, -0.05) is 42.7 Å². The topological polar surface area (TPSA) is 44.8 Å². The number of rotatable bonds is 8. The summed E-state index contributed by atoms with van der Waals surface area (Å²) in [6, 6.07) is 2.08. The van der Waals surface area contributed by atoms with E-state index in [0.29, 0.717) is 17.6 Å². The lowest BCUT2D eigenvalue weighted by atomic mass is 9.71. The Morgan fingerprint density at radius 1 is 1.25 bits per heavy atom. The minimum Gasteiger partial charge on any atom is -0.492 e. The number of methoxy groups -OCH3 is 1. The summed E-state index contributed by atoms with van der Waals surface area (Å²) in [4.78, 5) is 13.1. The van der Waals surface area contributed by atoms with Gasteiger partial charge in [0, 0.05) is 6.42 Å². The second-order valence-electron chi connectivity index (χ2n) is 12.0. The van der Waals surface area contributed by atoms with E-state index in [-0.39, 0.29) is 18.6 Å². The minimum atomic E-state index is 0.00359. The monoisotopic (exact) mass is 494 g/mol. The molecule has 0 fully saturated rings. The summed E-state index contributed by atoms with van der Waals surface area (Å²) in [5.41, 5.74) is 7.12. The highest BCUT2D eigenvalue weighted by atomic mass is 16.7. The molecule has 0 aromatic heterocycles. The summed E-state index contributed by atoms with van der Waals surface area (Å²) < 4.78 is 17.9. The molecule has 1 aromatic carbocycles. The van der Waals surface area contributed by atoms with Gasteiger partial charge in [0.2, 0.25) is 12.5 Å². The molecule has 0 saturated heterocycles. The SMILES string of the molecule is COc1c2c(cc3c1[C@@H](CC(=O)/C=C/C=C(/C)CCC1=C(C)CCCC1(C)C)[N+](C)(C)CC3)OCO2. The van der Waals surface area contributed by atoms with Crippen LogP contribution in [-0.4, -0.2) is 44.8 Å². The summed E-state index contributed by atoms with van der Waals surface area (Å²) in [5.74, 6) is 2.26. The number of fused-ring (bicyclic) bond motifs is 2. The number of likely N-dealkylation sites (N-methyl/N-ethyl adjacent to an activating group) is 1. The zero-order valence-corrected chi connectivity index (χ0v) is 23.3. The number of quaternary nitrogens is 1. The van der Waals surface area contributed by atoms with E-state index < -0.39 is 0 Å². The molecular weight excluding hydrogens is 450 g/mol. The Balaban J connectivity index is 1.45. The first-order chi connectivity index (χ1) is 17.0. The molecule has 0 spiro atoms. The van der Waals surface area contributed by atoms with Gasteiger partial charge in [-0.3, -0.25) is 4.79 Å². The standard InChI is InChI=1S/C31H44NO4/c1-21(13-14-25-22(2)11-9-16-31(25,3)4)10-8-12-24(33)19-26-28-23(15-17-32(26,5)6)18-27-29(30(28)34-7)36-20-35-27/h8,10,12,18,26H,9,11,13-17,19-20H2,1-7H3/q+1/b12-8+,21-10-/t26-/m1/s1. The molecule has 3 aliphatic rings. The zero-order valence-electron chi connectivity index (χ0n) is 23.3. The van der Waals surface area contributed by atoms with Crippen molar-refractivity contribution < 1.29 is 23.5 Å². The first kappa shape index (κ1) is 26.5. The molecule has 0 saturated carbocycles. The second-order valence-corrected chi connectivity index (χ2v) is 12.0. The largest absolute Gasteiger partial charge is 0.492 e. The van der Waals surface area contributed by atoms with Gasteiger partial charge in [-0.25, -0.2) is 0 Å². The van der Waals surface area contributed by atoms with E-state index in [0.717, 1.165) is 47.4 Å². The van der Waals surface area contributed by atoms with Gasteiger partial charge in [-0.15, -0.1) is 0 Å². The third-order valence-corrected chi connectivity index (χ3v) is 8.59.